The Balaban J connectivity index is 1.98. The molecule has 21 heavy (non-hydrogen) atoms. The molecule has 1 saturated heterocycles. The molecule has 2 rings (SSSR count). The monoisotopic (exact) mass is 290 g/mol. The van der Waals surface area contributed by atoms with Crippen LogP contribution in [0.3, 0.4) is 0 Å². The fraction of sp³-hybridized carbons (Fsp3) is 0.500. The lowest BCUT2D eigenvalue weighted by molar-refractivity contribution is 0.0570. The van der Waals surface area contributed by atoms with E-state index in [1.54, 1.807) is 16.7 Å². The minimum Gasteiger partial charge on any atom is -0.450 e. The van der Waals surface area contributed by atoms with Crippen LogP contribution in [0.1, 0.15) is 28.4 Å². The summed E-state index contributed by atoms with van der Waals surface area (Å²) in [5, 5.41) is 0. The molecule has 0 radical (unpaired) electrons. The quantitative estimate of drug-likeness (QED) is 0.839. The minimum absolute atomic E-state index is 0.0380. The smallest absolute Gasteiger partial charge is 0.409 e. The second-order valence-electron chi connectivity index (χ2n) is 5.30. The van der Waals surface area contributed by atoms with Gasteiger partial charge in [0.2, 0.25) is 0 Å². The van der Waals surface area contributed by atoms with E-state index in [0.717, 1.165) is 16.7 Å². The molecule has 0 unspecified atom stereocenters. The third-order valence-corrected chi connectivity index (χ3v) is 3.71. The summed E-state index contributed by atoms with van der Waals surface area (Å²) in [6.45, 7) is 8.27. The second-order valence-corrected chi connectivity index (χ2v) is 5.30. The van der Waals surface area contributed by atoms with E-state index in [1.165, 1.54) is 0 Å². The summed E-state index contributed by atoms with van der Waals surface area (Å²) >= 11 is 0. The van der Waals surface area contributed by atoms with Crippen LogP contribution >= 0.6 is 0 Å². The van der Waals surface area contributed by atoms with E-state index in [0.29, 0.717) is 32.8 Å². The lowest BCUT2D eigenvalue weighted by atomic mass is 10.0. The first-order valence-electron chi connectivity index (χ1n) is 7.31. The molecule has 5 nitrogen and oxygen atoms in total. The number of carbonyl (C=O) groups excluding carboxylic acids is 2. The minimum atomic E-state index is -0.295. The molecule has 5 heteroatoms. The molecular weight excluding hydrogens is 268 g/mol. The Hall–Kier alpha value is -2.04. The van der Waals surface area contributed by atoms with Gasteiger partial charge in [-0.25, -0.2) is 4.79 Å². The van der Waals surface area contributed by atoms with Gasteiger partial charge in [-0.3, -0.25) is 4.79 Å². The lowest BCUT2D eigenvalue weighted by Gasteiger charge is -2.34. The summed E-state index contributed by atoms with van der Waals surface area (Å²) in [5.41, 5.74) is 2.88. The maximum Gasteiger partial charge on any atom is 0.409 e. The standard InChI is InChI=1S/C16H22N2O3/c1-4-21-16(20)18-9-7-17(8-10-18)15(19)14-6-5-12(2)11-13(14)3/h5-6,11H,4,7-10H2,1-3H3. The summed E-state index contributed by atoms with van der Waals surface area (Å²) in [6, 6.07) is 5.85. The first-order chi connectivity index (χ1) is 10.0. The van der Waals surface area contributed by atoms with Gasteiger partial charge in [-0.05, 0) is 32.4 Å². The van der Waals surface area contributed by atoms with Gasteiger partial charge in [-0.2, -0.15) is 0 Å². The van der Waals surface area contributed by atoms with Gasteiger partial charge < -0.3 is 14.5 Å². The Morgan fingerprint density at radius 3 is 2.29 bits per heavy atom. The third-order valence-electron chi connectivity index (χ3n) is 3.71. The highest BCUT2D eigenvalue weighted by Crippen LogP contribution is 2.15. The van der Waals surface area contributed by atoms with E-state index < -0.39 is 0 Å². The Bertz CT molecular complexity index is 534. The summed E-state index contributed by atoms with van der Waals surface area (Å²) < 4.78 is 4.98. The first-order valence-corrected chi connectivity index (χ1v) is 7.31. The Morgan fingerprint density at radius 2 is 1.71 bits per heavy atom. The average molecular weight is 290 g/mol. The molecule has 2 amide bonds. The van der Waals surface area contributed by atoms with Crippen LogP contribution in [0.2, 0.25) is 0 Å². The van der Waals surface area contributed by atoms with Crippen LogP contribution in [0.5, 0.6) is 0 Å². The number of aryl methyl sites for hydroxylation is 2. The van der Waals surface area contributed by atoms with Crippen molar-refractivity contribution in [3.05, 3.63) is 34.9 Å². The van der Waals surface area contributed by atoms with Crippen molar-refractivity contribution in [1.82, 2.24) is 9.80 Å². The molecule has 1 fully saturated rings. The molecule has 114 valence electrons. The van der Waals surface area contributed by atoms with Crippen molar-refractivity contribution in [3.8, 4) is 0 Å². The molecule has 0 spiro atoms. The number of hydrogen-bond acceptors (Lipinski definition) is 3. The molecule has 1 heterocycles. The number of hydrogen-bond donors (Lipinski definition) is 0. The molecule has 1 aromatic rings. The van der Waals surface area contributed by atoms with E-state index in [2.05, 4.69) is 0 Å². The van der Waals surface area contributed by atoms with Gasteiger partial charge >= 0.3 is 6.09 Å². The van der Waals surface area contributed by atoms with Crippen LogP contribution in [0.15, 0.2) is 18.2 Å². The van der Waals surface area contributed by atoms with E-state index in [1.807, 2.05) is 32.0 Å². The average Bonchev–Trinajstić information content (AvgIpc) is 2.47. The summed E-state index contributed by atoms with van der Waals surface area (Å²) in [4.78, 5) is 27.6. The molecule has 0 aliphatic carbocycles. The SMILES string of the molecule is CCOC(=O)N1CCN(C(=O)c2ccc(C)cc2C)CC1. The summed E-state index contributed by atoms with van der Waals surface area (Å²) in [5.74, 6) is 0.0380. The van der Waals surface area contributed by atoms with Crippen LogP contribution in [0.4, 0.5) is 4.79 Å². The fourth-order valence-electron chi connectivity index (χ4n) is 2.53. The Labute approximate surface area is 125 Å². The number of nitrogens with zero attached hydrogens (tertiary/aromatic N) is 2. The molecule has 1 aromatic carbocycles. The maximum absolute atomic E-state index is 12.5. The largest absolute Gasteiger partial charge is 0.450 e. The summed E-state index contributed by atoms with van der Waals surface area (Å²) in [7, 11) is 0. The van der Waals surface area contributed by atoms with Crippen molar-refractivity contribution in [2.45, 2.75) is 20.8 Å². The van der Waals surface area contributed by atoms with Gasteiger partial charge in [-0.1, -0.05) is 17.7 Å². The Morgan fingerprint density at radius 1 is 1.10 bits per heavy atom. The summed E-state index contributed by atoms with van der Waals surface area (Å²) in [6.07, 6.45) is -0.295. The van der Waals surface area contributed by atoms with Gasteiger partial charge in [0.15, 0.2) is 0 Å². The van der Waals surface area contributed by atoms with Crippen LogP contribution in [-0.4, -0.2) is 54.6 Å². The lowest BCUT2D eigenvalue weighted by Crippen LogP contribution is -2.50. The van der Waals surface area contributed by atoms with Crippen LogP contribution in [0.25, 0.3) is 0 Å². The molecule has 0 N–H and O–H groups in total. The Kier molecular flexibility index (Phi) is 4.83. The maximum atomic E-state index is 12.5. The number of benzene rings is 1. The topological polar surface area (TPSA) is 49.9 Å². The van der Waals surface area contributed by atoms with Crippen molar-refractivity contribution in [1.29, 1.82) is 0 Å². The third kappa shape index (κ3) is 3.54. The van der Waals surface area contributed by atoms with E-state index >= 15 is 0 Å². The molecule has 0 atom stereocenters. The van der Waals surface area contributed by atoms with Gasteiger partial charge in [0, 0.05) is 31.7 Å². The van der Waals surface area contributed by atoms with Gasteiger partial charge in [0.25, 0.3) is 5.91 Å². The zero-order valence-corrected chi connectivity index (χ0v) is 12.9. The van der Waals surface area contributed by atoms with Crippen LogP contribution in [-0.2, 0) is 4.74 Å². The van der Waals surface area contributed by atoms with Gasteiger partial charge in [0.05, 0.1) is 6.61 Å². The molecular formula is C16H22N2O3. The normalized spacial score (nSPS) is 15.0. The predicted molar refractivity (Wildman–Crippen MR) is 80.4 cm³/mol. The zero-order chi connectivity index (χ0) is 15.4. The molecule has 0 bridgehead atoms. The van der Waals surface area contributed by atoms with Crippen molar-refractivity contribution in [2.24, 2.45) is 0 Å². The van der Waals surface area contributed by atoms with Crippen molar-refractivity contribution in [3.63, 3.8) is 0 Å². The highest BCUT2D eigenvalue weighted by atomic mass is 16.6. The van der Waals surface area contributed by atoms with Gasteiger partial charge in [0.1, 0.15) is 0 Å². The number of rotatable bonds is 2. The fourth-order valence-corrected chi connectivity index (χ4v) is 2.53. The predicted octanol–water partition coefficient (Wildman–Crippen LogP) is 2.22. The van der Waals surface area contributed by atoms with Crippen molar-refractivity contribution in [2.75, 3.05) is 32.8 Å². The number of ether oxygens (including phenoxy) is 1. The van der Waals surface area contributed by atoms with Crippen molar-refractivity contribution < 1.29 is 14.3 Å². The molecule has 1 aliphatic rings. The number of carbonyl (C=O) groups is 2. The molecule has 0 saturated carbocycles. The number of piperazine rings is 1. The first kappa shape index (κ1) is 15.4. The molecule has 1 aliphatic heterocycles. The van der Waals surface area contributed by atoms with Gasteiger partial charge in [-0.15, -0.1) is 0 Å². The van der Waals surface area contributed by atoms with Crippen LogP contribution < -0.4 is 0 Å². The van der Waals surface area contributed by atoms with E-state index in [-0.39, 0.29) is 12.0 Å². The van der Waals surface area contributed by atoms with E-state index in [4.69, 9.17) is 4.74 Å². The van der Waals surface area contributed by atoms with Crippen LogP contribution in [0, 0.1) is 13.8 Å². The number of amides is 2. The molecule has 0 aromatic heterocycles. The van der Waals surface area contributed by atoms with Crippen molar-refractivity contribution >= 4 is 12.0 Å². The highest BCUT2D eigenvalue weighted by Gasteiger charge is 2.26. The second kappa shape index (κ2) is 6.61. The van der Waals surface area contributed by atoms with E-state index in [9.17, 15) is 9.59 Å². The highest BCUT2D eigenvalue weighted by molar-refractivity contribution is 5.95. The zero-order valence-electron chi connectivity index (χ0n) is 12.9.